The zero-order valence-corrected chi connectivity index (χ0v) is 8.94. The van der Waals surface area contributed by atoms with Gasteiger partial charge in [0.15, 0.2) is 0 Å². The number of rotatable bonds is 3. The molecule has 0 spiro atoms. The van der Waals surface area contributed by atoms with Gasteiger partial charge in [-0.05, 0) is 19.9 Å². The normalized spacial score (nSPS) is 11.6. The largest absolute Gasteiger partial charge is 0.353 e. The highest BCUT2D eigenvalue weighted by Crippen LogP contribution is 1.93. The summed E-state index contributed by atoms with van der Waals surface area (Å²) < 4.78 is 0. The molecule has 1 heterocycles. The molecule has 0 aliphatic rings. The SMILES string of the molecule is CC(C)NC(=NCc1ccncn1)NN. The summed E-state index contributed by atoms with van der Waals surface area (Å²) in [6.45, 7) is 4.50. The second kappa shape index (κ2) is 5.92. The highest BCUT2D eigenvalue weighted by Gasteiger charge is 1.98. The zero-order valence-electron chi connectivity index (χ0n) is 8.94. The van der Waals surface area contributed by atoms with Crippen molar-refractivity contribution in [3.05, 3.63) is 24.3 Å². The fourth-order valence-electron chi connectivity index (χ4n) is 0.978. The molecule has 0 atom stereocenters. The Morgan fingerprint density at radius 2 is 2.40 bits per heavy atom. The highest BCUT2D eigenvalue weighted by molar-refractivity contribution is 5.79. The maximum Gasteiger partial charge on any atom is 0.206 e. The van der Waals surface area contributed by atoms with Crippen LogP contribution in [0.2, 0.25) is 0 Å². The lowest BCUT2D eigenvalue weighted by molar-refractivity contribution is 0.701. The molecule has 82 valence electrons. The van der Waals surface area contributed by atoms with Crippen LogP contribution < -0.4 is 16.6 Å². The molecule has 1 aromatic rings. The lowest BCUT2D eigenvalue weighted by Gasteiger charge is -2.11. The number of aliphatic imine (C=N–C) groups is 1. The second-order valence-corrected chi connectivity index (χ2v) is 3.31. The first kappa shape index (κ1) is 11.4. The van der Waals surface area contributed by atoms with E-state index in [-0.39, 0.29) is 6.04 Å². The molecular formula is C9H16N6. The lowest BCUT2D eigenvalue weighted by Crippen LogP contribution is -2.44. The minimum atomic E-state index is 0.283. The van der Waals surface area contributed by atoms with Crippen molar-refractivity contribution in [1.82, 2.24) is 20.7 Å². The molecule has 0 amide bonds. The molecule has 0 unspecified atom stereocenters. The van der Waals surface area contributed by atoms with Crippen molar-refractivity contribution >= 4 is 5.96 Å². The minimum Gasteiger partial charge on any atom is -0.353 e. The van der Waals surface area contributed by atoms with E-state index in [1.165, 1.54) is 6.33 Å². The van der Waals surface area contributed by atoms with Crippen molar-refractivity contribution in [1.29, 1.82) is 0 Å². The molecular weight excluding hydrogens is 192 g/mol. The van der Waals surface area contributed by atoms with Crippen molar-refractivity contribution in [2.75, 3.05) is 0 Å². The number of nitrogens with two attached hydrogens (primary N) is 1. The molecule has 0 saturated carbocycles. The van der Waals surface area contributed by atoms with Crippen LogP contribution in [0.4, 0.5) is 0 Å². The summed E-state index contributed by atoms with van der Waals surface area (Å²) in [6, 6.07) is 2.10. The Hall–Kier alpha value is -1.69. The van der Waals surface area contributed by atoms with Gasteiger partial charge in [-0.15, -0.1) is 0 Å². The van der Waals surface area contributed by atoms with Gasteiger partial charge in [-0.2, -0.15) is 0 Å². The van der Waals surface area contributed by atoms with Crippen LogP contribution in [0.25, 0.3) is 0 Å². The van der Waals surface area contributed by atoms with E-state index in [0.717, 1.165) is 5.69 Å². The number of hydrogen-bond donors (Lipinski definition) is 3. The van der Waals surface area contributed by atoms with Crippen LogP contribution in [0.15, 0.2) is 23.6 Å². The van der Waals surface area contributed by atoms with Crippen LogP contribution >= 0.6 is 0 Å². The van der Waals surface area contributed by atoms with Crippen molar-refractivity contribution in [2.24, 2.45) is 10.8 Å². The third-order valence-electron chi connectivity index (χ3n) is 1.60. The molecule has 0 fully saturated rings. The van der Waals surface area contributed by atoms with Crippen molar-refractivity contribution < 1.29 is 0 Å². The summed E-state index contributed by atoms with van der Waals surface area (Å²) in [5.41, 5.74) is 3.35. The molecule has 0 saturated heterocycles. The van der Waals surface area contributed by atoms with Crippen LogP contribution in [0, 0.1) is 0 Å². The standard InChI is InChI=1S/C9H16N6/c1-7(2)14-9(15-10)12-5-8-3-4-11-6-13-8/h3-4,6-7H,5,10H2,1-2H3,(H2,12,14,15). The molecule has 0 bridgehead atoms. The summed E-state index contributed by atoms with van der Waals surface area (Å²) in [4.78, 5) is 12.1. The maximum absolute atomic E-state index is 5.31. The molecule has 15 heavy (non-hydrogen) atoms. The van der Waals surface area contributed by atoms with Gasteiger partial charge in [0.1, 0.15) is 6.33 Å². The Kier molecular flexibility index (Phi) is 4.49. The third kappa shape index (κ3) is 4.37. The minimum absolute atomic E-state index is 0.283. The van der Waals surface area contributed by atoms with Crippen LogP contribution in [-0.2, 0) is 6.54 Å². The molecule has 0 aliphatic carbocycles. The summed E-state index contributed by atoms with van der Waals surface area (Å²) in [7, 11) is 0. The molecule has 1 rings (SSSR count). The average Bonchev–Trinajstić information content (AvgIpc) is 2.25. The van der Waals surface area contributed by atoms with Gasteiger partial charge in [0.25, 0.3) is 0 Å². The molecule has 6 heteroatoms. The summed E-state index contributed by atoms with van der Waals surface area (Å²) in [6.07, 6.45) is 3.18. The Balaban J connectivity index is 2.54. The molecule has 1 aromatic heterocycles. The van der Waals surface area contributed by atoms with Gasteiger partial charge in [-0.3, -0.25) is 5.43 Å². The number of aromatic nitrogens is 2. The third-order valence-corrected chi connectivity index (χ3v) is 1.60. The lowest BCUT2D eigenvalue weighted by atomic mass is 10.4. The zero-order chi connectivity index (χ0) is 11.1. The summed E-state index contributed by atoms with van der Waals surface area (Å²) in [5.74, 6) is 5.87. The van der Waals surface area contributed by atoms with Gasteiger partial charge >= 0.3 is 0 Å². The molecule has 0 aliphatic heterocycles. The van der Waals surface area contributed by atoms with Gasteiger partial charge in [0.05, 0.1) is 12.2 Å². The predicted molar refractivity (Wildman–Crippen MR) is 58.8 cm³/mol. The number of nitrogens with one attached hydrogen (secondary N) is 2. The molecule has 6 nitrogen and oxygen atoms in total. The van der Waals surface area contributed by atoms with Gasteiger partial charge < -0.3 is 5.32 Å². The first-order chi connectivity index (χ1) is 7.22. The first-order valence-electron chi connectivity index (χ1n) is 4.75. The smallest absolute Gasteiger partial charge is 0.206 e. The fourth-order valence-corrected chi connectivity index (χ4v) is 0.978. The maximum atomic E-state index is 5.31. The number of guanidine groups is 1. The van der Waals surface area contributed by atoms with Gasteiger partial charge in [-0.1, -0.05) is 0 Å². The Bertz CT molecular complexity index is 308. The number of hydrogen-bond acceptors (Lipinski definition) is 4. The summed E-state index contributed by atoms with van der Waals surface area (Å²) >= 11 is 0. The van der Waals surface area contributed by atoms with Crippen molar-refractivity contribution in [3.8, 4) is 0 Å². The first-order valence-corrected chi connectivity index (χ1v) is 4.75. The predicted octanol–water partition coefficient (Wildman–Crippen LogP) is -0.206. The van der Waals surface area contributed by atoms with E-state index in [0.29, 0.717) is 12.5 Å². The highest BCUT2D eigenvalue weighted by atomic mass is 15.3. The van der Waals surface area contributed by atoms with Gasteiger partial charge in [0.2, 0.25) is 5.96 Å². The number of hydrazine groups is 1. The van der Waals surface area contributed by atoms with E-state index in [1.807, 2.05) is 19.9 Å². The number of nitrogens with zero attached hydrogens (tertiary/aromatic N) is 3. The van der Waals surface area contributed by atoms with E-state index in [9.17, 15) is 0 Å². The quantitative estimate of drug-likeness (QED) is 0.277. The van der Waals surface area contributed by atoms with E-state index in [2.05, 4.69) is 25.7 Å². The molecule has 4 N–H and O–H groups in total. The average molecular weight is 208 g/mol. The van der Waals surface area contributed by atoms with Crippen LogP contribution in [-0.4, -0.2) is 22.0 Å². The Labute approximate surface area is 89.0 Å². The van der Waals surface area contributed by atoms with Crippen LogP contribution in [0.1, 0.15) is 19.5 Å². The van der Waals surface area contributed by atoms with Crippen LogP contribution in [0.5, 0.6) is 0 Å². The van der Waals surface area contributed by atoms with E-state index in [1.54, 1.807) is 6.20 Å². The van der Waals surface area contributed by atoms with E-state index in [4.69, 9.17) is 5.84 Å². The topological polar surface area (TPSA) is 88.2 Å². The monoisotopic (exact) mass is 208 g/mol. The Morgan fingerprint density at radius 1 is 1.60 bits per heavy atom. The fraction of sp³-hybridized carbons (Fsp3) is 0.444. The van der Waals surface area contributed by atoms with Crippen molar-refractivity contribution in [3.63, 3.8) is 0 Å². The molecule has 0 aromatic carbocycles. The Morgan fingerprint density at radius 3 is 2.93 bits per heavy atom. The second-order valence-electron chi connectivity index (χ2n) is 3.31. The van der Waals surface area contributed by atoms with Gasteiger partial charge in [0, 0.05) is 12.2 Å². The van der Waals surface area contributed by atoms with Gasteiger partial charge in [-0.25, -0.2) is 20.8 Å². The van der Waals surface area contributed by atoms with Crippen molar-refractivity contribution in [2.45, 2.75) is 26.4 Å². The van der Waals surface area contributed by atoms with Crippen LogP contribution in [0.3, 0.4) is 0 Å². The van der Waals surface area contributed by atoms with E-state index < -0.39 is 0 Å². The van der Waals surface area contributed by atoms with E-state index >= 15 is 0 Å². The molecule has 0 radical (unpaired) electrons. The summed E-state index contributed by atoms with van der Waals surface area (Å²) in [5, 5.41) is 3.07.